The van der Waals surface area contributed by atoms with E-state index in [4.69, 9.17) is 0 Å². The zero-order valence-electron chi connectivity index (χ0n) is 5.78. The molecule has 0 bridgehead atoms. The Bertz CT molecular complexity index is 51.9. The molecule has 49 valence electrons. The Morgan fingerprint density at radius 3 is 2.25 bits per heavy atom. The van der Waals surface area contributed by atoms with Gasteiger partial charge in [-0.2, -0.15) is 12.6 Å². The third-order valence-corrected chi connectivity index (χ3v) is 1.29. The van der Waals surface area contributed by atoms with Crippen LogP contribution in [0.5, 0.6) is 0 Å². The zero-order valence-corrected chi connectivity index (χ0v) is 6.67. The van der Waals surface area contributed by atoms with Gasteiger partial charge in [-0.3, -0.25) is 0 Å². The van der Waals surface area contributed by atoms with Crippen molar-refractivity contribution in [2.45, 2.75) is 37.9 Å². The molecule has 1 unspecified atom stereocenters. The molecule has 0 heterocycles. The van der Waals surface area contributed by atoms with Gasteiger partial charge in [0, 0.05) is 4.75 Å². The van der Waals surface area contributed by atoms with Gasteiger partial charge in [-0.15, -0.1) is 0 Å². The lowest BCUT2D eigenvalue weighted by atomic mass is 10.1. The molecule has 0 amide bonds. The van der Waals surface area contributed by atoms with Gasteiger partial charge in [-0.05, 0) is 13.3 Å². The maximum Gasteiger partial charge on any atom is 0.0102 e. The average Bonchev–Trinajstić information content (AvgIpc) is 1.59. The Hall–Kier alpha value is 0.350. The van der Waals surface area contributed by atoms with Crippen molar-refractivity contribution in [1.82, 2.24) is 0 Å². The van der Waals surface area contributed by atoms with E-state index in [9.17, 15) is 0 Å². The van der Waals surface area contributed by atoms with Crippen LogP contribution in [0.1, 0.15) is 33.1 Å². The molecule has 0 nitrogen and oxygen atoms in total. The van der Waals surface area contributed by atoms with Crippen molar-refractivity contribution >= 4 is 12.6 Å². The molecule has 0 aromatic heterocycles. The highest BCUT2D eigenvalue weighted by Crippen LogP contribution is 2.18. The van der Waals surface area contributed by atoms with Crippen molar-refractivity contribution in [2.24, 2.45) is 0 Å². The quantitative estimate of drug-likeness (QED) is 0.559. The molecule has 0 aliphatic carbocycles. The summed E-state index contributed by atoms with van der Waals surface area (Å²) < 4.78 is -0.00396. The van der Waals surface area contributed by atoms with E-state index < -0.39 is 0 Å². The summed E-state index contributed by atoms with van der Waals surface area (Å²) in [6, 6.07) is 0. The van der Waals surface area contributed by atoms with Gasteiger partial charge in [0.15, 0.2) is 0 Å². The standard InChI is InChI=1S/C7H15S/c1-4-5-6-7(2,3)8/h8H,2,4-6H2,1,3H3. The van der Waals surface area contributed by atoms with Crippen molar-refractivity contribution in [3.8, 4) is 0 Å². The van der Waals surface area contributed by atoms with Gasteiger partial charge in [0.25, 0.3) is 0 Å². The van der Waals surface area contributed by atoms with E-state index in [1.807, 2.05) is 6.92 Å². The van der Waals surface area contributed by atoms with E-state index in [-0.39, 0.29) is 4.75 Å². The monoisotopic (exact) mass is 131 g/mol. The third kappa shape index (κ3) is 6.35. The maximum absolute atomic E-state index is 4.28. The van der Waals surface area contributed by atoms with Gasteiger partial charge in [0.05, 0.1) is 0 Å². The van der Waals surface area contributed by atoms with Crippen molar-refractivity contribution in [3.05, 3.63) is 6.92 Å². The topological polar surface area (TPSA) is 0 Å². The summed E-state index contributed by atoms with van der Waals surface area (Å²) in [5.41, 5.74) is 0. The molecule has 0 fully saturated rings. The molecule has 0 aromatic rings. The predicted molar refractivity (Wildman–Crippen MR) is 42.3 cm³/mol. The summed E-state index contributed by atoms with van der Waals surface area (Å²) in [6.45, 7) is 8.10. The Balaban J connectivity index is 3.11. The third-order valence-electron chi connectivity index (χ3n) is 1.07. The first kappa shape index (κ1) is 8.35. The van der Waals surface area contributed by atoms with Gasteiger partial charge < -0.3 is 0 Å². The summed E-state index contributed by atoms with van der Waals surface area (Å²) >= 11 is 4.28. The molecule has 1 atom stereocenters. The second kappa shape index (κ2) is 3.39. The largest absolute Gasteiger partial charge is 0.173 e. The lowest BCUT2D eigenvalue weighted by Crippen LogP contribution is -2.09. The first-order valence-electron chi connectivity index (χ1n) is 3.14. The maximum atomic E-state index is 4.28. The molecule has 0 saturated heterocycles. The fourth-order valence-corrected chi connectivity index (χ4v) is 0.716. The second-order valence-corrected chi connectivity index (χ2v) is 3.68. The van der Waals surface area contributed by atoms with Crippen LogP contribution in [0.15, 0.2) is 0 Å². The molecule has 0 N–H and O–H groups in total. The van der Waals surface area contributed by atoms with E-state index in [1.165, 1.54) is 12.8 Å². The van der Waals surface area contributed by atoms with E-state index in [0.717, 1.165) is 6.42 Å². The molecule has 0 aliphatic rings. The SMILES string of the molecule is [CH2]C(C)(S)CCCC. The highest BCUT2D eigenvalue weighted by Gasteiger charge is 2.08. The summed E-state index contributed by atoms with van der Waals surface area (Å²) in [4.78, 5) is 0. The van der Waals surface area contributed by atoms with Crippen LogP contribution in [0, 0.1) is 6.92 Å². The molecular formula is C7H15S. The van der Waals surface area contributed by atoms with E-state index in [2.05, 4.69) is 26.5 Å². The Morgan fingerprint density at radius 1 is 1.62 bits per heavy atom. The van der Waals surface area contributed by atoms with Crippen molar-refractivity contribution in [3.63, 3.8) is 0 Å². The number of unbranched alkanes of at least 4 members (excludes halogenated alkanes) is 1. The van der Waals surface area contributed by atoms with Gasteiger partial charge in [0.2, 0.25) is 0 Å². The van der Waals surface area contributed by atoms with Crippen molar-refractivity contribution in [1.29, 1.82) is 0 Å². The van der Waals surface area contributed by atoms with Crippen LogP contribution in [0.3, 0.4) is 0 Å². The summed E-state index contributed by atoms with van der Waals surface area (Å²) in [7, 11) is 0. The highest BCUT2D eigenvalue weighted by molar-refractivity contribution is 7.81. The van der Waals surface area contributed by atoms with Crippen LogP contribution in [-0.2, 0) is 0 Å². The summed E-state index contributed by atoms with van der Waals surface area (Å²) in [6.07, 6.45) is 3.60. The molecule has 0 spiro atoms. The van der Waals surface area contributed by atoms with Crippen LogP contribution in [0.2, 0.25) is 0 Å². The Kier molecular flexibility index (Phi) is 3.54. The number of hydrogen-bond acceptors (Lipinski definition) is 1. The lowest BCUT2D eigenvalue weighted by Gasteiger charge is -2.15. The van der Waals surface area contributed by atoms with Gasteiger partial charge >= 0.3 is 0 Å². The average molecular weight is 131 g/mol. The number of thiol groups is 1. The minimum atomic E-state index is -0.00396. The van der Waals surface area contributed by atoms with Gasteiger partial charge in [0.1, 0.15) is 0 Å². The number of rotatable bonds is 3. The molecule has 0 saturated carbocycles. The summed E-state index contributed by atoms with van der Waals surface area (Å²) in [5, 5.41) is 0. The normalized spacial score (nSPS) is 12.0. The second-order valence-electron chi connectivity index (χ2n) is 2.60. The molecular weight excluding hydrogens is 116 g/mol. The van der Waals surface area contributed by atoms with Gasteiger partial charge in [-0.1, -0.05) is 26.7 Å². The molecule has 8 heavy (non-hydrogen) atoms. The summed E-state index contributed by atoms with van der Waals surface area (Å²) in [5.74, 6) is 0. The van der Waals surface area contributed by atoms with Crippen LogP contribution < -0.4 is 0 Å². The highest BCUT2D eigenvalue weighted by atomic mass is 32.1. The molecule has 1 radical (unpaired) electrons. The predicted octanol–water partition coefficient (Wildman–Crippen LogP) is 2.70. The fraction of sp³-hybridized carbons (Fsp3) is 0.857. The molecule has 0 aromatic carbocycles. The van der Waals surface area contributed by atoms with Crippen LogP contribution in [0.25, 0.3) is 0 Å². The van der Waals surface area contributed by atoms with Crippen molar-refractivity contribution in [2.75, 3.05) is 0 Å². The molecule has 0 rings (SSSR count). The minimum absolute atomic E-state index is 0.00396. The Morgan fingerprint density at radius 2 is 2.12 bits per heavy atom. The van der Waals surface area contributed by atoms with E-state index in [0.29, 0.717) is 0 Å². The number of hydrogen-bond donors (Lipinski definition) is 1. The van der Waals surface area contributed by atoms with E-state index in [1.54, 1.807) is 0 Å². The fourth-order valence-electron chi connectivity index (χ4n) is 0.558. The first-order chi connectivity index (χ1) is 3.56. The van der Waals surface area contributed by atoms with Gasteiger partial charge in [-0.25, -0.2) is 0 Å². The minimum Gasteiger partial charge on any atom is -0.173 e. The zero-order chi connectivity index (χ0) is 6.62. The van der Waals surface area contributed by atoms with Crippen LogP contribution in [-0.4, -0.2) is 4.75 Å². The van der Waals surface area contributed by atoms with E-state index >= 15 is 0 Å². The lowest BCUT2D eigenvalue weighted by molar-refractivity contribution is 0.638. The first-order valence-corrected chi connectivity index (χ1v) is 3.59. The smallest absolute Gasteiger partial charge is 0.0102 e. The Labute approximate surface area is 58.1 Å². The van der Waals surface area contributed by atoms with Crippen molar-refractivity contribution < 1.29 is 0 Å². The molecule has 0 aliphatic heterocycles. The van der Waals surface area contributed by atoms with Crippen LogP contribution in [0.4, 0.5) is 0 Å². The molecule has 1 heteroatoms. The van der Waals surface area contributed by atoms with Crippen LogP contribution >= 0.6 is 12.6 Å².